The number of ether oxygens (including phenoxy) is 1. The quantitative estimate of drug-likeness (QED) is 0.221. The number of hydrogen-bond acceptors (Lipinski definition) is 2. The molecule has 0 rings (SSSR count). The first-order valence-corrected chi connectivity index (χ1v) is 5.08. The van der Waals surface area contributed by atoms with Crippen molar-refractivity contribution in [3.8, 4) is 11.8 Å². The molecule has 0 fully saturated rings. The molecule has 14 heavy (non-hydrogen) atoms. The molecule has 0 aliphatic rings. The third kappa shape index (κ3) is 8.86. The molecule has 0 aliphatic carbocycles. The number of hydrogen-bond donors (Lipinski definition) is 0. The monoisotopic (exact) mass is 194 g/mol. The topological polar surface area (TPSA) is 26.3 Å². The SMILES string of the molecule is C/C=C/COC(=O)C#CCCCCC. The number of unbranched alkanes of at least 4 members (excludes halogenated alkanes) is 3. The third-order valence-electron chi connectivity index (χ3n) is 1.64. The molecule has 78 valence electrons. The second-order valence-corrected chi connectivity index (χ2v) is 2.93. The molecule has 0 saturated carbocycles. The molecular weight excluding hydrogens is 176 g/mol. The van der Waals surface area contributed by atoms with Crippen LogP contribution in [-0.2, 0) is 9.53 Å². The molecule has 0 radical (unpaired) electrons. The lowest BCUT2D eigenvalue weighted by molar-refractivity contribution is -0.135. The largest absolute Gasteiger partial charge is 0.452 e. The van der Waals surface area contributed by atoms with Gasteiger partial charge in [-0.3, -0.25) is 0 Å². The van der Waals surface area contributed by atoms with Gasteiger partial charge in [0.15, 0.2) is 0 Å². The molecule has 0 spiro atoms. The summed E-state index contributed by atoms with van der Waals surface area (Å²) in [5, 5.41) is 0. The highest BCUT2D eigenvalue weighted by molar-refractivity contribution is 5.88. The standard InChI is InChI=1S/C12H18O2/c1-3-5-7-8-9-10-12(13)14-11-6-4-2/h4,6H,3,5,7-8,11H2,1-2H3/b6-4+. The van der Waals surface area contributed by atoms with Crippen molar-refractivity contribution in [2.75, 3.05) is 6.61 Å². The zero-order chi connectivity index (χ0) is 10.6. The lowest BCUT2D eigenvalue weighted by Crippen LogP contribution is -2.00. The highest BCUT2D eigenvalue weighted by Gasteiger charge is 1.92. The lowest BCUT2D eigenvalue weighted by atomic mass is 10.2. The van der Waals surface area contributed by atoms with Crippen LogP contribution in [0.1, 0.15) is 39.5 Å². The van der Waals surface area contributed by atoms with Crippen molar-refractivity contribution in [3.63, 3.8) is 0 Å². The van der Waals surface area contributed by atoms with Gasteiger partial charge in [0, 0.05) is 12.3 Å². The average molecular weight is 194 g/mol. The van der Waals surface area contributed by atoms with Crippen molar-refractivity contribution in [1.29, 1.82) is 0 Å². The predicted octanol–water partition coefficient (Wildman–Crippen LogP) is 2.69. The number of carbonyl (C=O) groups excluding carboxylic acids is 1. The van der Waals surface area contributed by atoms with Crippen LogP contribution in [0.3, 0.4) is 0 Å². The summed E-state index contributed by atoms with van der Waals surface area (Å²) in [6.45, 7) is 4.34. The van der Waals surface area contributed by atoms with E-state index in [9.17, 15) is 4.79 Å². The minimum atomic E-state index is -0.431. The van der Waals surface area contributed by atoms with Crippen LogP contribution in [-0.4, -0.2) is 12.6 Å². The maximum Gasteiger partial charge on any atom is 0.384 e. The zero-order valence-corrected chi connectivity index (χ0v) is 9.01. The van der Waals surface area contributed by atoms with Crippen LogP contribution in [0.25, 0.3) is 0 Å². The van der Waals surface area contributed by atoms with Crippen LogP contribution >= 0.6 is 0 Å². The van der Waals surface area contributed by atoms with E-state index in [1.807, 2.05) is 13.0 Å². The summed E-state index contributed by atoms with van der Waals surface area (Å²) < 4.78 is 4.79. The van der Waals surface area contributed by atoms with Gasteiger partial charge in [-0.2, -0.15) is 0 Å². The molecule has 0 aromatic heterocycles. The van der Waals surface area contributed by atoms with Gasteiger partial charge in [0.2, 0.25) is 0 Å². The van der Waals surface area contributed by atoms with E-state index in [4.69, 9.17) is 4.74 Å². The number of esters is 1. The van der Waals surface area contributed by atoms with Gasteiger partial charge in [-0.05, 0) is 13.3 Å². The fourth-order valence-corrected chi connectivity index (χ4v) is 0.854. The van der Waals surface area contributed by atoms with E-state index in [0.29, 0.717) is 6.61 Å². The Bertz CT molecular complexity index is 230. The second-order valence-electron chi connectivity index (χ2n) is 2.93. The summed E-state index contributed by atoms with van der Waals surface area (Å²) in [5.74, 6) is 4.82. The van der Waals surface area contributed by atoms with Crippen LogP contribution < -0.4 is 0 Å². The Kier molecular flexibility index (Phi) is 8.99. The Morgan fingerprint density at radius 3 is 2.86 bits per heavy atom. The molecular formula is C12H18O2. The van der Waals surface area contributed by atoms with Crippen LogP contribution in [0.4, 0.5) is 0 Å². The highest BCUT2D eigenvalue weighted by Crippen LogP contribution is 1.96. The van der Waals surface area contributed by atoms with Gasteiger partial charge in [0.05, 0.1) is 0 Å². The predicted molar refractivity (Wildman–Crippen MR) is 57.7 cm³/mol. The van der Waals surface area contributed by atoms with Crippen molar-refractivity contribution < 1.29 is 9.53 Å². The fourth-order valence-electron chi connectivity index (χ4n) is 0.854. The van der Waals surface area contributed by atoms with E-state index in [1.54, 1.807) is 6.08 Å². The van der Waals surface area contributed by atoms with Crippen molar-refractivity contribution in [1.82, 2.24) is 0 Å². The Labute approximate surface area is 86.3 Å². The molecule has 0 aromatic rings. The first-order valence-electron chi connectivity index (χ1n) is 5.08. The van der Waals surface area contributed by atoms with Gasteiger partial charge in [-0.25, -0.2) is 4.79 Å². The third-order valence-corrected chi connectivity index (χ3v) is 1.64. The van der Waals surface area contributed by atoms with Crippen molar-refractivity contribution in [2.45, 2.75) is 39.5 Å². The van der Waals surface area contributed by atoms with E-state index < -0.39 is 5.97 Å². The maximum atomic E-state index is 10.9. The highest BCUT2D eigenvalue weighted by atomic mass is 16.5. The number of allylic oxidation sites excluding steroid dienone is 1. The molecule has 2 heteroatoms. The molecule has 0 N–H and O–H groups in total. The second kappa shape index (κ2) is 9.85. The smallest absolute Gasteiger partial charge is 0.384 e. The van der Waals surface area contributed by atoms with E-state index >= 15 is 0 Å². The summed E-state index contributed by atoms with van der Waals surface area (Å²) in [6.07, 6.45) is 7.80. The summed E-state index contributed by atoms with van der Waals surface area (Å²) in [6, 6.07) is 0. The van der Waals surface area contributed by atoms with Crippen LogP contribution in [0.5, 0.6) is 0 Å². The zero-order valence-electron chi connectivity index (χ0n) is 9.01. The Balaban J connectivity index is 3.49. The number of carbonyl (C=O) groups is 1. The first-order chi connectivity index (χ1) is 6.81. The number of rotatable bonds is 5. The maximum absolute atomic E-state index is 10.9. The van der Waals surface area contributed by atoms with Crippen molar-refractivity contribution in [2.24, 2.45) is 0 Å². The molecule has 0 aliphatic heterocycles. The minimum absolute atomic E-state index is 0.318. The van der Waals surface area contributed by atoms with Gasteiger partial charge in [0.25, 0.3) is 0 Å². The van der Waals surface area contributed by atoms with Gasteiger partial charge >= 0.3 is 5.97 Å². The average Bonchev–Trinajstić information content (AvgIpc) is 2.18. The Morgan fingerprint density at radius 2 is 2.21 bits per heavy atom. The summed E-state index contributed by atoms with van der Waals surface area (Å²) in [5.41, 5.74) is 0. The summed E-state index contributed by atoms with van der Waals surface area (Å²) >= 11 is 0. The van der Waals surface area contributed by atoms with E-state index in [2.05, 4.69) is 18.8 Å². The van der Waals surface area contributed by atoms with Crippen LogP contribution in [0, 0.1) is 11.8 Å². The van der Waals surface area contributed by atoms with Crippen molar-refractivity contribution >= 4 is 5.97 Å². The van der Waals surface area contributed by atoms with Crippen molar-refractivity contribution in [3.05, 3.63) is 12.2 Å². The van der Waals surface area contributed by atoms with Gasteiger partial charge < -0.3 is 4.74 Å². The molecule has 0 unspecified atom stereocenters. The van der Waals surface area contributed by atoms with Gasteiger partial charge in [-0.15, -0.1) is 0 Å². The summed E-state index contributed by atoms with van der Waals surface area (Å²) in [4.78, 5) is 10.9. The molecule has 2 nitrogen and oxygen atoms in total. The van der Waals surface area contributed by atoms with Gasteiger partial charge in [-0.1, -0.05) is 37.8 Å². The molecule has 0 bridgehead atoms. The van der Waals surface area contributed by atoms with Crippen LogP contribution in [0.15, 0.2) is 12.2 Å². The lowest BCUT2D eigenvalue weighted by Gasteiger charge is -1.92. The normalized spacial score (nSPS) is 9.57. The minimum Gasteiger partial charge on any atom is -0.452 e. The van der Waals surface area contributed by atoms with E-state index in [-0.39, 0.29) is 0 Å². The molecule has 0 heterocycles. The van der Waals surface area contributed by atoms with Gasteiger partial charge in [0.1, 0.15) is 6.61 Å². The Morgan fingerprint density at radius 1 is 1.43 bits per heavy atom. The van der Waals surface area contributed by atoms with Crippen LogP contribution in [0.2, 0.25) is 0 Å². The fraction of sp³-hybridized carbons (Fsp3) is 0.583. The first kappa shape index (κ1) is 12.8. The molecule has 0 saturated heterocycles. The van der Waals surface area contributed by atoms with E-state index in [0.717, 1.165) is 12.8 Å². The molecule has 0 aromatic carbocycles. The van der Waals surface area contributed by atoms with E-state index in [1.165, 1.54) is 12.8 Å². The Hall–Kier alpha value is -1.23. The summed E-state index contributed by atoms with van der Waals surface area (Å²) in [7, 11) is 0. The molecule has 0 amide bonds. The molecule has 0 atom stereocenters.